The molecule has 0 radical (unpaired) electrons. The van der Waals surface area contributed by atoms with E-state index < -0.39 is 9.85 Å². The first-order valence-corrected chi connectivity index (χ1v) is 7.56. The van der Waals surface area contributed by atoms with E-state index in [1.165, 1.54) is 24.3 Å². The van der Waals surface area contributed by atoms with Crippen LogP contribution in [-0.4, -0.2) is 23.0 Å². The molecule has 2 rings (SSSR count). The van der Waals surface area contributed by atoms with E-state index in [0.29, 0.717) is 25.5 Å². The first-order valence-electron chi connectivity index (χ1n) is 7.56. The van der Waals surface area contributed by atoms with Gasteiger partial charge in [-0.1, -0.05) is 18.7 Å². The van der Waals surface area contributed by atoms with Crippen molar-refractivity contribution in [3.05, 3.63) is 86.2 Å². The molecule has 0 aliphatic rings. The maximum absolute atomic E-state index is 12.8. The number of halogens is 1. The lowest BCUT2D eigenvalue weighted by Gasteiger charge is -2.10. The average molecular weight is 361 g/mol. The molecule has 0 aromatic heterocycles. The fourth-order valence-corrected chi connectivity index (χ4v) is 2.13. The number of benzene rings is 2. The number of rotatable bonds is 9. The number of hydrogen-bond donors (Lipinski definition) is 1. The van der Waals surface area contributed by atoms with Crippen molar-refractivity contribution in [2.45, 2.75) is 6.61 Å². The Kier molecular flexibility index (Phi) is 6.34. The number of nitrogens with one attached hydrogen (secondary N) is 1. The van der Waals surface area contributed by atoms with E-state index in [2.05, 4.69) is 11.9 Å². The van der Waals surface area contributed by atoms with Gasteiger partial charge >= 0.3 is 0 Å². The summed E-state index contributed by atoms with van der Waals surface area (Å²) < 4.78 is 18.2. The van der Waals surface area contributed by atoms with Gasteiger partial charge in [-0.15, -0.1) is 0 Å². The molecule has 0 saturated carbocycles. The molecule has 0 spiro atoms. The van der Waals surface area contributed by atoms with Gasteiger partial charge in [-0.2, -0.15) is 0 Å². The van der Waals surface area contributed by atoms with Crippen LogP contribution < -0.4 is 5.32 Å². The number of non-ortho nitro benzene ring substituents is 2. The minimum Gasteiger partial charge on any atom is -0.383 e. The summed E-state index contributed by atoms with van der Waals surface area (Å²) in [5.74, 6) is -0.322. The molecule has 0 bridgehead atoms. The quantitative estimate of drug-likeness (QED) is 0.416. The van der Waals surface area contributed by atoms with Crippen LogP contribution in [0.4, 0.5) is 15.8 Å². The second-order valence-corrected chi connectivity index (χ2v) is 5.34. The van der Waals surface area contributed by atoms with Crippen LogP contribution in [0.2, 0.25) is 0 Å². The highest BCUT2D eigenvalue weighted by Crippen LogP contribution is 2.25. The fourth-order valence-electron chi connectivity index (χ4n) is 2.13. The van der Waals surface area contributed by atoms with Gasteiger partial charge in [-0.05, 0) is 17.7 Å². The Balaban J connectivity index is 1.88. The predicted molar refractivity (Wildman–Crippen MR) is 92.8 cm³/mol. The molecule has 8 nitrogen and oxygen atoms in total. The molecular formula is C17H16FN3O5. The van der Waals surface area contributed by atoms with Gasteiger partial charge in [0.2, 0.25) is 0 Å². The third-order valence-corrected chi connectivity index (χ3v) is 3.44. The topological polar surface area (TPSA) is 108 Å². The van der Waals surface area contributed by atoms with Gasteiger partial charge in [0.15, 0.2) is 0 Å². The third kappa shape index (κ3) is 5.35. The SMILES string of the molecule is C=C(NCCOCc1ccc(F)cc1)c1cc([N+](=O)[O-])cc([N+](=O)[O-])c1. The highest BCUT2D eigenvalue weighted by molar-refractivity contribution is 5.67. The Bertz CT molecular complexity index is 791. The van der Waals surface area contributed by atoms with E-state index >= 15 is 0 Å². The minimum atomic E-state index is -0.699. The average Bonchev–Trinajstić information content (AvgIpc) is 2.62. The van der Waals surface area contributed by atoms with Crippen LogP contribution in [0.15, 0.2) is 49.0 Å². The molecule has 0 amide bonds. The first-order chi connectivity index (χ1) is 12.4. The van der Waals surface area contributed by atoms with Gasteiger partial charge in [0.1, 0.15) is 5.82 Å². The van der Waals surface area contributed by atoms with Gasteiger partial charge in [0.25, 0.3) is 11.4 Å². The lowest BCUT2D eigenvalue weighted by atomic mass is 10.1. The van der Waals surface area contributed by atoms with Crippen LogP contribution in [-0.2, 0) is 11.3 Å². The summed E-state index contributed by atoms with van der Waals surface area (Å²) in [5.41, 5.74) is 0.612. The zero-order valence-electron chi connectivity index (χ0n) is 13.7. The molecule has 2 aromatic rings. The second-order valence-electron chi connectivity index (χ2n) is 5.34. The minimum absolute atomic E-state index is 0.254. The van der Waals surface area contributed by atoms with Crippen LogP contribution in [0.5, 0.6) is 0 Å². The zero-order chi connectivity index (χ0) is 19.1. The second kappa shape index (κ2) is 8.67. The number of nitrogens with zero attached hydrogens (tertiary/aromatic N) is 2. The molecule has 0 aliphatic heterocycles. The smallest absolute Gasteiger partial charge is 0.276 e. The van der Waals surface area contributed by atoms with Crippen molar-refractivity contribution in [3.8, 4) is 0 Å². The van der Waals surface area contributed by atoms with Crippen molar-refractivity contribution in [1.29, 1.82) is 0 Å². The maximum atomic E-state index is 12.8. The number of nitro groups is 2. The zero-order valence-corrected chi connectivity index (χ0v) is 13.7. The summed E-state index contributed by atoms with van der Waals surface area (Å²) in [6.07, 6.45) is 0. The van der Waals surface area contributed by atoms with Gasteiger partial charge in [0, 0.05) is 29.9 Å². The number of ether oxygens (including phenoxy) is 1. The Morgan fingerprint density at radius 1 is 1.08 bits per heavy atom. The maximum Gasteiger partial charge on any atom is 0.276 e. The summed E-state index contributed by atoms with van der Waals surface area (Å²) in [4.78, 5) is 20.4. The van der Waals surface area contributed by atoms with Crippen molar-refractivity contribution in [2.24, 2.45) is 0 Å². The Morgan fingerprint density at radius 2 is 1.65 bits per heavy atom. The van der Waals surface area contributed by atoms with Crippen molar-refractivity contribution in [3.63, 3.8) is 0 Å². The molecule has 2 aromatic carbocycles. The monoisotopic (exact) mass is 361 g/mol. The highest BCUT2D eigenvalue weighted by Gasteiger charge is 2.17. The number of hydrogen-bond acceptors (Lipinski definition) is 6. The third-order valence-electron chi connectivity index (χ3n) is 3.44. The van der Waals surface area contributed by atoms with Gasteiger partial charge in [-0.25, -0.2) is 4.39 Å². The molecule has 0 fully saturated rings. The van der Waals surface area contributed by atoms with E-state index in [9.17, 15) is 24.6 Å². The Hall–Kier alpha value is -3.33. The fraction of sp³-hybridized carbons (Fsp3) is 0.176. The summed E-state index contributed by atoms with van der Waals surface area (Å²) in [5, 5.41) is 24.7. The first kappa shape index (κ1) is 19.0. The van der Waals surface area contributed by atoms with Crippen LogP contribution in [0, 0.1) is 26.0 Å². The molecule has 0 saturated heterocycles. The largest absolute Gasteiger partial charge is 0.383 e. The van der Waals surface area contributed by atoms with Crippen molar-refractivity contribution < 1.29 is 19.0 Å². The molecule has 136 valence electrons. The van der Waals surface area contributed by atoms with Crippen LogP contribution in [0.3, 0.4) is 0 Å². The van der Waals surface area contributed by atoms with E-state index in [1.807, 2.05) is 0 Å². The van der Waals surface area contributed by atoms with Crippen LogP contribution in [0.25, 0.3) is 5.70 Å². The summed E-state index contributed by atoms with van der Waals surface area (Å²) in [6.45, 7) is 4.68. The molecule has 1 N–H and O–H groups in total. The molecule has 0 atom stereocenters. The molecule has 0 unspecified atom stereocenters. The van der Waals surface area contributed by atoms with Crippen molar-refractivity contribution in [2.75, 3.05) is 13.2 Å². The number of nitro benzene ring substituents is 2. The van der Waals surface area contributed by atoms with Crippen molar-refractivity contribution in [1.82, 2.24) is 5.32 Å². The van der Waals surface area contributed by atoms with Crippen LogP contribution >= 0.6 is 0 Å². The molecule has 0 heterocycles. The van der Waals surface area contributed by atoms with E-state index in [0.717, 1.165) is 11.6 Å². The summed E-state index contributed by atoms with van der Waals surface area (Å²) >= 11 is 0. The Morgan fingerprint density at radius 3 is 2.19 bits per heavy atom. The van der Waals surface area contributed by atoms with Gasteiger partial charge < -0.3 is 10.1 Å². The highest BCUT2D eigenvalue weighted by atomic mass is 19.1. The normalized spacial score (nSPS) is 10.3. The van der Waals surface area contributed by atoms with E-state index in [4.69, 9.17) is 4.74 Å². The summed E-state index contributed by atoms with van der Waals surface area (Å²) in [7, 11) is 0. The van der Waals surface area contributed by atoms with E-state index in [-0.39, 0.29) is 22.8 Å². The summed E-state index contributed by atoms with van der Waals surface area (Å²) in [6, 6.07) is 9.22. The van der Waals surface area contributed by atoms with Gasteiger partial charge in [-0.3, -0.25) is 20.2 Å². The molecule has 9 heteroatoms. The molecular weight excluding hydrogens is 345 g/mol. The standard InChI is InChI=1S/C17H16FN3O5/c1-12(14-8-16(20(22)23)10-17(9-14)21(24)25)19-6-7-26-11-13-2-4-15(18)5-3-13/h2-5,8-10,19H,1,6-7,11H2. The Labute approximate surface area is 148 Å². The predicted octanol–water partition coefficient (Wildman–Crippen LogP) is 3.42. The molecule has 0 aliphatic carbocycles. The lowest BCUT2D eigenvalue weighted by Crippen LogP contribution is -2.18. The van der Waals surface area contributed by atoms with Crippen molar-refractivity contribution >= 4 is 17.1 Å². The molecule has 26 heavy (non-hydrogen) atoms. The van der Waals surface area contributed by atoms with Crippen LogP contribution in [0.1, 0.15) is 11.1 Å². The van der Waals surface area contributed by atoms with E-state index in [1.54, 1.807) is 12.1 Å². The lowest BCUT2D eigenvalue weighted by molar-refractivity contribution is -0.394. The van der Waals surface area contributed by atoms with Gasteiger partial charge in [0.05, 0.1) is 29.1 Å².